The second-order valence-corrected chi connectivity index (χ2v) is 11.0. The number of amides is 1. The molecule has 2 atom stereocenters. The van der Waals surface area contributed by atoms with Crippen LogP contribution in [0.15, 0.2) is 36.4 Å². The third kappa shape index (κ3) is 7.24. The summed E-state index contributed by atoms with van der Waals surface area (Å²) < 4.78 is 27.4. The van der Waals surface area contributed by atoms with E-state index >= 15 is 0 Å². The van der Waals surface area contributed by atoms with E-state index in [9.17, 15) is 18.7 Å². The van der Waals surface area contributed by atoms with Crippen LogP contribution >= 0.6 is 0 Å². The van der Waals surface area contributed by atoms with Gasteiger partial charge in [0.25, 0.3) is 0 Å². The van der Waals surface area contributed by atoms with Crippen LogP contribution in [0.3, 0.4) is 0 Å². The molecule has 0 saturated heterocycles. The second kappa shape index (κ2) is 11.0. The topological polar surface area (TPSA) is 87.4 Å². The van der Waals surface area contributed by atoms with Gasteiger partial charge in [-0.2, -0.15) is 0 Å². The molecule has 5 nitrogen and oxygen atoms in total. The Balaban J connectivity index is 1.84. The van der Waals surface area contributed by atoms with E-state index in [0.717, 1.165) is 49.3 Å². The van der Waals surface area contributed by atoms with Crippen molar-refractivity contribution in [1.29, 1.82) is 0 Å². The fraction of sp³-hybridized carbons (Fsp3) is 0.536. The molecule has 0 spiro atoms. The molecule has 1 aliphatic carbocycles. The van der Waals surface area contributed by atoms with Crippen molar-refractivity contribution in [3.05, 3.63) is 64.7 Å². The van der Waals surface area contributed by atoms with Crippen LogP contribution < -0.4 is 16.4 Å². The highest BCUT2D eigenvalue weighted by atomic mass is 19.1. The molecule has 35 heavy (non-hydrogen) atoms. The van der Waals surface area contributed by atoms with E-state index in [1.807, 2.05) is 12.1 Å². The minimum atomic E-state index is -0.966. The minimum Gasteiger partial charge on any atom is -0.399 e. The van der Waals surface area contributed by atoms with Crippen LogP contribution in [-0.2, 0) is 22.2 Å². The molecule has 1 aliphatic rings. The van der Waals surface area contributed by atoms with Gasteiger partial charge in [-0.05, 0) is 65.6 Å². The number of aliphatic hydroxyl groups excluding tert-OH is 1. The largest absolute Gasteiger partial charge is 0.399 e. The van der Waals surface area contributed by atoms with Crippen LogP contribution in [0.25, 0.3) is 0 Å². The minimum absolute atomic E-state index is 0.0593. The van der Waals surface area contributed by atoms with Crippen LogP contribution in [0.4, 0.5) is 14.5 Å². The summed E-state index contributed by atoms with van der Waals surface area (Å²) in [6, 6.07) is 8.79. The van der Waals surface area contributed by atoms with E-state index in [0.29, 0.717) is 11.3 Å². The summed E-state index contributed by atoms with van der Waals surface area (Å²) in [5.41, 5.74) is 9.25. The second-order valence-electron chi connectivity index (χ2n) is 11.0. The van der Waals surface area contributed by atoms with Crippen molar-refractivity contribution in [2.24, 2.45) is 0 Å². The molecular weight excluding hydrogens is 448 g/mol. The highest BCUT2D eigenvalue weighted by Gasteiger charge is 2.36. The molecule has 0 aliphatic heterocycles. The maximum absolute atomic E-state index is 13.7. The highest BCUT2D eigenvalue weighted by molar-refractivity contribution is 5.73. The molecule has 7 heteroatoms. The van der Waals surface area contributed by atoms with Crippen molar-refractivity contribution in [1.82, 2.24) is 10.6 Å². The van der Waals surface area contributed by atoms with Crippen molar-refractivity contribution in [3.8, 4) is 0 Å². The van der Waals surface area contributed by atoms with E-state index in [2.05, 4.69) is 37.5 Å². The summed E-state index contributed by atoms with van der Waals surface area (Å²) in [5.74, 6) is -1.69. The lowest BCUT2D eigenvalue weighted by molar-refractivity contribution is -0.120. The Bertz CT molecular complexity index is 1010. The fourth-order valence-electron chi connectivity index (χ4n) is 5.05. The molecule has 1 amide bonds. The summed E-state index contributed by atoms with van der Waals surface area (Å²) in [4.78, 5) is 11.8. The quantitative estimate of drug-likeness (QED) is 0.407. The molecule has 2 unspecified atom stereocenters. The van der Waals surface area contributed by atoms with Gasteiger partial charge >= 0.3 is 0 Å². The number of carbonyl (C=O) groups excluding carboxylic acids is 1. The number of carbonyl (C=O) groups is 1. The van der Waals surface area contributed by atoms with Crippen LogP contribution in [0.5, 0.6) is 0 Å². The Labute approximate surface area is 207 Å². The normalized spacial score (nSPS) is 17.6. The van der Waals surface area contributed by atoms with Gasteiger partial charge in [0.05, 0.1) is 12.1 Å². The average Bonchev–Trinajstić information content (AvgIpc) is 2.75. The van der Waals surface area contributed by atoms with Crippen LogP contribution in [0.2, 0.25) is 0 Å². The van der Waals surface area contributed by atoms with Gasteiger partial charge < -0.3 is 21.5 Å². The molecule has 192 valence electrons. The number of hydrogen-bond acceptors (Lipinski definition) is 4. The van der Waals surface area contributed by atoms with Gasteiger partial charge in [0.1, 0.15) is 11.6 Å². The average molecular weight is 488 g/mol. The molecule has 0 radical (unpaired) electrons. The summed E-state index contributed by atoms with van der Waals surface area (Å²) >= 11 is 0. The summed E-state index contributed by atoms with van der Waals surface area (Å²) in [6.07, 6.45) is 4.23. The van der Waals surface area contributed by atoms with Crippen molar-refractivity contribution >= 4 is 11.6 Å². The summed E-state index contributed by atoms with van der Waals surface area (Å²) in [5, 5.41) is 17.5. The Morgan fingerprint density at radius 1 is 1.06 bits per heavy atom. The maximum Gasteiger partial charge on any atom is 0.217 e. The first-order valence-corrected chi connectivity index (χ1v) is 12.4. The Morgan fingerprint density at radius 2 is 1.69 bits per heavy atom. The molecule has 1 saturated carbocycles. The zero-order valence-corrected chi connectivity index (χ0v) is 21.3. The number of halogens is 2. The predicted molar refractivity (Wildman–Crippen MR) is 136 cm³/mol. The zero-order chi connectivity index (χ0) is 25.8. The third-order valence-electron chi connectivity index (χ3n) is 6.96. The van der Waals surface area contributed by atoms with E-state index in [1.165, 1.54) is 19.1 Å². The first kappa shape index (κ1) is 27.1. The van der Waals surface area contributed by atoms with Crippen LogP contribution in [-0.4, -0.2) is 29.7 Å². The van der Waals surface area contributed by atoms with Crippen molar-refractivity contribution in [2.45, 2.75) is 89.3 Å². The maximum atomic E-state index is 13.7. The van der Waals surface area contributed by atoms with Crippen molar-refractivity contribution in [2.75, 3.05) is 12.3 Å². The van der Waals surface area contributed by atoms with Gasteiger partial charge in [-0.3, -0.25) is 4.79 Å². The number of nitrogens with one attached hydrogen (secondary N) is 2. The van der Waals surface area contributed by atoms with Crippen LogP contribution in [0.1, 0.15) is 76.5 Å². The van der Waals surface area contributed by atoms with E-state index in [4.69, 9.17) is 5.73 Å². The lowest BCUT2D eigenvalue weighted by Gasteiger charge is -2.41. The van der Waals surface area contributed by atoms with E-state index < -0.39 is 23.8 Å². The molecule has 2 aromatic carbocycles. The first-order valence-electron chi connectivity index (χ1n) is 12.4. The number of nitrogens with two attached hydrogens (primary N) is 1. The molecule has 5 N–H and O–H groups in total. The number of rotatable bonds is 8. The van der Waals surface area contributed by atoms with Gasteiger partial charge in [-0.15, -0.1) is 0 Å². The number of benzene rings is 2. The Hall–Kier alpha value is -2.51. The molecule has 2 aromatic rings. The smallest absolute Gasteiger partial charge is 0.217 e. The van der Waals surface area contributed by atoms with Gasteiger partial charge in [0.2, 0.25) is 5.91 Å². The summed E-state index contributed by atoms with van der Waals surface area (Å²) in [7, 11) is 0. The molecule has 0 bridgehead atoms. The molecule has 0 heterocycles. The van der Waals surface area contributed by atoms with E-state index in [1.54, 1.807) is 0 Å². The molecule has 3 rings (SSSR count). The highest BCUT2D eigenvalue weighted by Crippen LogP contribution is 2.39. The Kier molecular flexibility index (Phi) is 8.54. The van der Waals surface area contributed by atoms with Gasteiger partial charge in [0.15, 0.2) is 0 Å². The third-order valence-corrected chi connectivity index (χ3v) is 6.96. The fourth-order valence-corrected chi connectivity index (χ4v) is 5.05. The van der Waals surface area contributed by atoms with E-state index in [-0.39, 0.29) is 29.8 Å². The number of aliphatic hydroxyl groups is 1. The van der Waals surface area contributed by atoms with Gasteiger partial charge in [0, 0.05) is 30.8 Å². The van der Waals surface area contributed by atoms with Gasteiger partial charge in [-0.25, -0.2) is 8.78 Å². The number of anilines is 1. The summed E-state index contributed by atoms with van der Waals surface area (Å²) in [6.45, 7) is 8.04. The predicted octanol–water partition coefficient (Wildman–Crippen LogP) is 4.70. The lowest BCUT2D eigenvalue weighted by Crippen LogP contribution is -2.53. The number of hydrogen-bond donors (Lipinski definition) is 4. The zero-order valence-electron chi connectivity index (χ0n) is 21.3. The molecule has 1 fully saturated rings. The SMILES string of the molecule is CC(=O)NC(Cc1cc(F)cc(F)c1)C(O)CNC1(c2cc(N)cc(C(C)(C)C)c2)CCCCC1. The molecule has 0 aromatic heterocycles. The standard InChI is InChI=1S/C28H39F2N3O2/c1-18(34)33-25(12-19-10-22(29)16-23(30)11-19)26(35)17-32-28(8-6-5-7-9-28)21-13-20(27(2,3)4)14-24(31)15-21/h10-11,13-16,25-26,32,35H,5-9,12,17,31H2,1-4H3,(H,33,34). The van der Waals surface area contributed by atoms with Crippen molar-refractivity contribution in [3.63, 3.8) is 0 Å². The van der Waals surface area contributed by atoms with Gasteiger partial charge in [-0.1, -0.05) is 46.1 Å². The monoisotopic (exact) mass is 487 g/mol. The Morgan fingerprint density at radius 3 is 2.26 bits per heavy atom. The van der Waals surface area contributed by atoms with Crippen LogP contribution in [0, 0.1) is 11.6 Å². The molecular formula is C28H39F2N3O2. The number of nitrogen functional groups attached to an aromatic ring is 1. The lowest BCUT2D eigenvalue weighted by atomic mass is 9.74. The van der Waals surface area contributed by atoms with Crippen molar-refractivity contribution < 1.29 is 18.7 Å². The first-order chi connectivity index (χ1) is 16.4.